The molecule has 0 saturated heterocycles. The summed E-state index contributed by atoms with van der Waals surface area (Å²) in [5.41, 5.74) is 3.12. The van der Waals surface area contributed by atoms with Crippen LogP contribution in [-0.2, 0) is 23.0 Å². The van der Waals surface area contributed by atoms with Gasteiger partial charge in [-0.1, -0.05) is 24.6 Å². The number of pyridine rings is 1. The van der Waals surface area contributed by atoms with Crippen molar-refractivity contribution in [2.75, 3.05) is 25.1 Å². The van der Waals surface area contributed by atoms with Crippen molar-refractivity contribution in [2.24, 2.45) is 13.0 Å². The number of ether oxygens (including phenoxy) is 1. The van der Waals surface area contributed by atoms with E-state index in [1.165, 1.54) is 6.20 Å². The molecule has 0 aliphatic heterocycles. The third kappa shape index (κ3) is 6.34. The standard InChI is InChI=1S/C25H27ClN4O4/c1-16(11-23(32)33)10-22(31)24-20-12-17(14-27)15-29-25(20)30(2)21(24)6-8-34-9-7-28-19-5-3-4-18(26)13-19/h3-5,12-13,15-16,28H,6-11H2,1-2H3,(H,32,33). The number of nitrogens with zero attached hydrogens (tertiary/aromatic N) is 3. The minimum absolute atomic E-state index is 0.0870. The predicted octanol–water partition coefficient (Wildman–Crippen LogP) is 4.45. The number of Topliss-reactive ketones (excluding diaryl/α,β-unsaturated/α-hetero) is 1. The summed E-state index contributed by atoms with van der Waals surface area (Å²) in [7, 11) is 1.83. The van der Waals surface area contributed by atoms with E-state index in [-0.39, 0.29) is 24.5 Å². The average Bonchev–Trinajstić information content (AvgIpc) is 3.06. The zero-order valence-electron chi connectivity index (χ0n) is 19.2. The van der Waals surface area contributed by atoms with E-state index in [1.807, 2.05) is 35.9 Å². The van der Waals surface area contributed by atoms with Crippen molar-refractivity contribution in [1.82, 2.24) is 9.55 Å². The first kappa shape index (κ1) is 25.2. The molecule has 178 valence electrons. The van der Waals surface area contributed by atoms with Gasteiger partial charge in [-0.2, -0.15) is 5.26 Å². The number of benzene rings is 1. The van der Waals surface area contributed by atoms with Crippen molar-refractivity contribution < 1.29 is 19.4 Å². The number of aromatic nitrogens is 2. The Morgan fingerprint density at radius 1 is 1.29 bits per heavy atom. The van der Waals surface area contributed by atoms with E-state index in [0.717, 1.165) is 11.4 Å². The SMILES string of the molecule is CC(CC(=O)O)CC(=O)c1c(CCOCCNc2cccc(Cl)c2)n(C)c2ncc(C#N)cc12. The number of fused-ring (bicyclic) bond motifs is 1. The number of hydrogen-bond donors (Lipinski definition) is 2. The van der Waals surface area contributed by atoms with Gasteiger partial charge < -0.3 is 19.7 Å². The van der Waals surface area contributed by atoms with E-state index in [4.69, 9.17) is 21.4 Å². The molecule has 2 N–H and O–H groups in total. The maximum absolute atomic E-state index is 13.2. The number of ketones is 1. The van der Waals surface area contributed by atoms with E-state index in [0.29, 0.717) is 53.4 Å². The number of rotatable bonds is 12. The van der Waals surface area contributed by atoms with Crippen molar-refractivity contribution in [3.8, 4) is 6.07 Å². The summed E-state index contributed by atoms with van der Waals surface area (Å²) in [6.45, 7) is 3.19. The molecule has 1 aromatic carbocycles. The lowest BCUT2D eigenvalue weighted by Crippen LogP contribution is -2.15. The fourth-order valence-corrected chi connectivity index (χ4v) is 4.14. The predicted molar refractivity (Wildman–Crippen MR) is 130 cm³/mol. The van der Waals surface area contributed by atoms with Gasteiger partial charge >= 0.3 is 5.97 Å². The smallest absolute Gasteiger partial charge is 0.303 e. The van der Waals surface area contributed by atoms with E-state index in [1.54, 1.807) is 13.0 Å². The van der Waals surface area contributed by atoms with Gasteiger partial charge in [0.2, 0.25) is 0 Å². The first-order chi connectivity index (χ1) is 16.3. The summed E-state index contributed by atoms with van der Waals surface area (Å²) >= 11 is 5.99. The number of halogens is 1. The number of aryl methyl sites for hydroxylation is 1. The highest BCUT2D eigenvalue weighted by atomic mass is 35.5. The fourth-order valence-electron chi connectivity index (χ4n) is 3.95. The van der Waals surface area contributed by atoms with Gasteiger partial charge in [-0.25, -0.2) is 4.98 Å². The van der Waals surface area contributed by atoms with Crippen LogP contribution in [0.3, 0.4) is 0 Å². The Morgan fingerprint density at radius 3 is 2.79 bits per heavy atom. The van der Waals surface area contributed by atoms with E-state index in [2.05, 4.69) is 16.4 Å². The van der Waals surface area contributed by atoms with Crippen molar-refractivity contribution in [3.05, 3.63) is 58.4 Å². The van der Waals surface area contributed by atoms with Crippen LogP contribution in [0.2, 0.25) is 5.02 Å². The molecule has 8 nitrogen and oxygen atoms in total. The maximum Gasteiger partial charge on any atom is 0.303 e. The van der Waals surface area contributed by atoms with Crippen LogP contribution in [0.25, 0.3) is 11.0 Å². The number of hydrogen-bond acceptors (Lipinski definition) is 6. The second kappa shape index (κ2) is 11.6. The largest absolute Gasteiger partial charge is 0.481 e. The molecule has 1 atom stereocenters. The average molecular weight is 483 g/mol. The van der Waals surface area contributed by atoms with Crippen LogP contribution in [0.5, 0.6) is 0 Å². The lowest BCUT2D eigenvalue weighted by Gasteiger charge is -2.11. The third-order valence-electron chi connectivity index (χ3n) is 5.50. The van der Waals surface area contributed by atoms with E-state index >= 15 is 0 Å². The molecular formula is C25H27ClN4O4. The Bertz CT molecular complexity index is 1230. The number of nitriles is 1. The summed E-state index contributed by atoms with van der Waals surface area (Å²) < 4.78 is 7.63. The van der Waals surface area contributed by atoms with Gasteiger partial charge in [0.1, 0.15) is 11.7 Å². The van der Waals surface area contributed by atoms with Crippen LogP contribution >= 0.6 is 11.6 Å². The number of carboxylic acids is 1. The molecule has 3 rings (SSSR count). The molecule has 9 heteroatoms. The van der Waals surface area contributed by atoms with E-state index < -0.39 is 5.97 Å². The van der Waals surface area contributed by atoms with Gasteiger partial charge in [-0.3, -0.25) is 9.59 Å². The lowest BCUT2D eigenvalue weighted by atomic mass is 9.95. The van der Waals surface area contributed by atoms with Crippen molar-refractivity contribution in [2.45, 2.75) is 26.2 Å². The molecule has 0 radical (unpaired) electrons. The molecule has 3 aromatic rings. The number of carbonyl (C=O) groups is 2. The summed E-state index contributed by atoms with van der Waals surface area (Å²) in [4.78, 5) is 28.6. The Kier molecular flexibility index (Phi) is 8.63. The summed E-state index contributed by atoms with van der Waals surface area (Å²) in [5, 5.41) is 22.8. The molecule has 0 spiro atoms. The minimum Gasteiger partial charge on any atom is -0.481 e. The second-order valence-electron chi connectivity index (χ2n) is 8.22. The van der Waals surface area contributed by atoms with Gasteiger partial charge in [-0.05, 0) is 30.2 Å². The van der Waals surface area contributed by atoms with Crippen molar-refractivity contribution in [1.29, 1.82) is 5.26 Å². The molecule has 0 bridgehead atoms. The molecule has 0 saturated carbocycles. The zero-order chi connectivity index (χ0) is 24.7. The first-order valence-electron chi connectivity index (χ1n) is 11.0. The van der Waals surface area contributed by atoms with Crippen LogP contribution in [0, 0.1) is 17.2 Å². The Balaban J connectivity index is 1.71. The number of nitrogens with one attached hydrogen (secondary N) is 1. The maximum atomic E-state index is 13.2. The molecule has 0 aliphatic carbocycles. The Hall–Kier alpha value is -3.41. The van der Waals surface area contributed by atoms with Gasteiger partial charge in [0.25, 0.3) is 0 Å². The number of carboxylic acid groups (broad SMARTS) is 1. The normalized spacial score (nSPS) is 11.8. The summed E-state index contributed by atoms with van der Waals surface area (Å²) in [6.07, 6.45) is 1.96. The highest BCUT2D eigenvalue weighted by molar-refractivity contribution is 6.30. The number of carbonyl (C=O) groups excluding carboxylic acids is 1. The Morgan fingerprint density at radius 2 is 2.09 bits per heavy atom. The van der Waals surface area contributed by atoms with Gasteiger partial charge in [0.05, 0.1) is 18.8 Å². The van der Waals surface area contributed by atoms with Gasteiger partial charge in [0.15, 0.2) is 5.78 Å². The molecule has 1 unspecified atom stereocenters. The second-order valence-corrected chi connectivity index (χ2v) is 8.65. The lowest BCUT2D eigenvalue weighted by molar-refractivity contribution is -0.137. The van der Waals surface area contributed by atoms with Crippen LogP contribution in [0.4, 0.5) is 5.69 Å². The molecule has 2 heterocycles. The minimum atomic E-state index is -0.938. The van der Waals surface area contributed by atoms with Gasteiger partial charge in [0, 0.05) is 66.4 Å². The summed E-state index contributed by atoms with van der Waals surface area (Å²) in [5.74, 6) is -1.41. The van der Waals surface area contributed by atoms with Crippen molar-refractivity contribution >= 4 is 40.1 Å². The quantitative estimate of drug-likeness (QED) is 0.289. The number of aliphatic carboxylic acids is 1. The molecule has 0 amide bonds. The van der Waals surface area contributed by atoms with Crippen LogP contribution < -0.4 is 5.32 Å². The summed E-state index contributed by atoms with van der Waals surface area (Å²) in [6, 6.07) is 11.2. The highest BCUT2D eigenvalue weighted by Crippen LogP contribution is 2.28. The Labute approximate surface area is 203 Å². The van der Waals surface area contributed by atoms with Gasteiger partial charge in [-0.15, -0.1) is 0 Å². The zero-order valence-corrected chi connectivity index (χ0v) is 19.9. The fraction of sp³-hybridized carbons (Fsp3) is 0.360. The van der Waals surface area contributed by atoms with E-state index in [9.17, 15) is 14.9 Å². The molecule has 0 fully saturated rings. The number of anilines is 1. The van der Waals surface area contributed by atoms with Crippen molar-refractivity contribution in [3.63, 3.8) is 0 Å². The molecule has 34 heavy (non-hydrogen) atoms. The molecule has 2 aromatic heterocycles. The molecular weight excluding hydrogens is 456 g/mol. The topological polar surface area (TPSA) is 117 Å². The monoisotopic (exact) mass is 482 g/mol. The van der Waals surface area contributed by atoms with Crippen LogP contribution in [0.15, 0.2) is 36.5 Å². The third-order valence-corrected chi connectivity index (χ3v) is 5.73. The first-order valence-corrected chi connectivity index (χ1v) is 11.4. The highest BCUT2D eigenvalue weighted by Gasteiger charge is 2.24. The van der Waals surface area contributed by atoms with Crippen LogP contribution in [0.1, 0.15) is 41.4 Å². The molecule has 0 aliphatic rings. The van der Waals surface area contributed by atoms with Crippen LogP contribution in [-0.4, -0.2) is 46.2 Å².